The summed E-state index contributed by atoms with van der Waals surface area (Å²) in [7, 11) is 0. The molecule has 4 heterocycles. The number of aromatic nitrogens is 2. The van der Waals surface area contributed by atoms with Gasteiger partial charge in [0, 0.05) is 77.8 Å². The van der Waals surface area contributed by atoms with Gasteiger partial charge < -0.3 is 29.5 Å². The van der Waals surface area contributed by atoms with Gasteiger partial charge >= 0.3 is 0 Å². The molecule has 0 aliphatic carbocycles. The van der Waals surface area contributed by atoms with Crippen molar-refractivity contribution in [2.75, 3.05) is 88.5 Å². The minimum absolute atomic E-state index is 0.228. The summed E-state index contributed by atoms with van der Waals surface area (Å²) in [6, 6.07) is 15.6. The van der Waals surface area contributed by atoms with Crippen molar-refractivity contribution in [3.05, 3.63) is 72.1 Å². The highest BCUT2D eigenvalue weighted by atomic mass is 16.5. The summed E-state index contributed by atoms with van der Waals surface area (Å²) in [6.07, 6.45) is 2.56. The Kier molecular flexibility index (Phi) is 10.5. The molecule has 2 saturated heterocycles. The second-order valence-electron chi connectivity index (χ2n) is 11.4. The van der Waals surface area contributed by atoms with Crippen molar-refractivity contribution >= 4 is 11.6 Å². The summed E-state index contributed by atoms with van der Waals surface area (Å²) < 4.78 is 11.6. The third-order valence-electron chi connectivity index (χ3n) is 7.84. The van der Waals surface area contributed by atoms with Crippen LogP contribution in [0.3, 0.4) is 0 Å². The number of anilines is 2. The van der Waals surface area contributed by atoms with Crippen LogP contribution in [0, 0.1) is 13.8 Å². The lowest BCUT2D eigenvalue weighted by Crippen LogP contribution is -2.49. The van der Waals surface area contributed by atoms with Crippen LogP contribution in [-0.2, 0) is 0 Å². The number of rotatable bonds is 12. The van der Waals surface area contributed by atoms with E-state index < -0.39 is 12.2 Å². The van der Waals surface area contributed by atoms with Gasteiger partial charge in [0.05, 0.1) is 0 Å². The fourth-order valence-electron chi connectivity index (χ4n) is 5.42. The van der Waals surface area contributed by atoms with Crippen molar-refractivity contribution in [2.24, 2.45) is 0 Å². The minimum atomic E-state index is -0.574. The zero-order valence-electron chi connectivity index (χ0n) is 24.8. The highest BCUT2D eigenvalue weighted by Crippen LogP contribution is 2.19. The Morgan fingerprint density at radius 3 is 1.36 bits per heavy atom. The van der Waals surface area contributed by atoms with Gasteiger partial charge in [-0.3, -0.25) is 9.80 Å². The molecule has 0 radical (unpaired) electrons. The van der Waals surface area contributed by atoms with Crippen molar-refractivity contribution in [1.29, 1.82) is 0 Å². The normalized spacial score (nSPS) is 18.1. The highest BCUT2D eigenvalue weighted by molar-refractivity contribution is 5.42. The first kappa shape index (κ1) is 30.0. The molecule has 3 aromatic rings. The Balaban J connectivity index is 0.956. The van der Waals surface area contributed by atoms with Crippen molar-refractivity contribution in [3.8, 4) is 11.5 Å². The van der Waals surface area contributed by atoms with Crippen LogP contribution in [0.1, 0.15) is 11.1 Å². The van der Waals surface area contributed by atoms with Gasteiger partial charge in [-0.05, 0) is 73.5 Å². The maximum absolute atomic E-state index is 10.5. The lowest BCUT2D eigenvalue weighted by Gasteiger charge is -2.36. The third kappa shape index (κ3) is 8.78. The van der Waals surface area contributed by atoms with E-state index in [2.05, 4.69) is 55.5 Å². The smallest absolute Gasteiger partial charge is 0.128 e. The van der Waals surface area contributed by atoms with E-state index in [1.807, 2.05) is 48.8 Å². The standard InChI is InChI=1S/C32H44N6O4/c1-25-7-9-33-31(19-25)37-15-11-35(12-16-37)21-27(39)23-41-29-3-5-30(6-4-29)42-24-28(40)22-36-13-17-38(18-14-36)32-20-26(2)8-10-34-32/h3-10,19-20,27-28,39-40H,11-18,21-24H2,1-2H3/t27-,28-/m1/s1. The Labute approximate surface area is 249 Å². The predicted octanol–water partition coefficient (Wildman–Crippen LogP) is 2.22. The second-order valence-corrected chi connectivity index (χ2v) is 11.4. The molecule has 0 spiro atoms. The Bertz CT molecular complexity index is 1150. The molecule has 0 unspecified atom stereocenters. The molecule has 2 aromatic heterocycles. The van der Waals surface area contributed by atoms with Crippen molar-refractivity contribution in [3.63, 3.8) is 0 Å². The largest absolute Gasteiger partial charge is 0.491 e. The molecule has 226 valence electrons. The number of hydrogen-bond donors (Lipinski definition) is 2. The number of ether oxygens (including phenoxy) is 2. The first-order chi connectivity index (χ1) is 20.4. The van der Waals surface area contributed by atoms with Crippen LogP contribution in [0.5, 0.6) is 11.5 Å². The second kappa shape index (κ2) is 14.6. The maximum Gasteiger partial charge on any atom is 0.128 e. The highest BCUT2D eigenvalue weighted by Gasteiger charge is 2.22. The van der Waals surface area contributed by atoms with Gasteiger partial charge in [0.25, 0.3) is 0 Å². The fourth-order valence-corrected chi connectivity index (χ4v) is 5.42. The Morgan fingerprint density at radius 1 is 0.619 bits per heavy atom. The number of β-amino-alcohol motifs (C(OH)–C–C–N with tert-alkyl or cyclic N) is 2. The molecule has 42 heavy (non-hydrogen) atoms. The number of benzene rings is 1. The van der Waals surface area contributed by atoms with Crippen molar-refractivity contribution in [1.82, 2.24) is 19.8 Å². The average molecular weight is 577 g/mol. The lowest BCUT2D eigenvalue weighted by molar-refractivity contribution is 0.0649. The third-order valence-corrected chi connectivity index (χ3v) is 7.84. The Morgan fingerprint density at radius 2 is 1.00 bits per heavy atom. The van der Waals surface area contributed by atoms with Crippen LogP contribution in [0.25, 0.3) is 0 Å². The van der Waals surface area contributed by atoms with E-state index in [-0.39, 0.29) is 13.2 Å². The van der Waals surface area contributed by atoms with E-state index in [1.54, 1.807) is 0 Å². The molecule has 2 aliphatic heterocycles. The quantitative estimate of drug-likeness (QED) is 0.334. The van der Waals surface area contributed by atoms with E-state index in [0.717, 1.165) is 64.0 Å². The van der Waals surface area contributed by atoms with Crippen LogP contribution in [0.15, 0.2) is 60.9 Å². The van der Waals surface area contributed by atoms with Crippen LogP contribution < -0.4 is 19.3 Å². The molecule has 2 atom stereocenters. The summed E-state index contributed by atoms with van der Waals surface area (Å²) in [5.74, 6) is 3.40. The number of pyridine rings is 2. The van der Waals surface area contributed by atoms with Gasteiger partial charge in [0.1, 0.15) is 48.6 Å². The summed E-state index contributed by atoms with van der Waals surface area (Å²) in [6.45, 7) is 12.9. The van der Waals surface area contributed by atoms with E-state index in [1.165, 1.54) is 11.1 Å². The molecule has 0 saturated carbocycles. The van der Waals surface area contributed by atoms with E-state index in [9.17, 15) is 10.2 Å². The minimum Gasteiger partial charge on any atom is -0.491 e. The van der Waals surface area contributed by atoms with Crippen LogP contribution in [0.4, 0.5) is 11.6 Å². The molecule has 2 aliphatic rings. The van der Waals surface area contributed by atoms with Gasteiger partial charge in [-0.1, -0.05) is 0 Å². The summed E-state index contributed by atoms with van der Waals surface area (Å²) >= 11 is 0. The molecule has 10 nitrogen and oxygen atoms in total. The predicted molar refractivity (Wildman–Crippen MR) is 165 cm³/mol. The number of nitrogens with zero attached hydrogens (tertiary/aromatic N) is 6. The van der Waals surface area contributed by atoms with Crippen molar-refractivity contribution < 1.29 is 19.7 Å². The van der Waals surface area contributed by atoms with Gasteiger partial charge in [0.2, 0.25) is 0 Å². The average Bonchev–Trinajstić information content (AvgIpc) is 3.00. The Hall–Kier alpha value is -3.44. The summed E-state index contributed by atoms with van der Waals surface area (Å²) in [5.41, 5.74) is 2.43. The summed E-state index contributed by atoms with van der Waals surface area (Å²) in [5, 5.41) is 21.1. The molecular formula is C32H44N6O4. The molecule has 10 heteroatoms. The SMILES string of the molecule is Cc1ccnc(N2CCN(C[C@@H](O)COc3ccc(OC[C@H](O)CN4CCN(c5cc(C)ccn5)CC4)cc3)CC2)c1. The van der Waals surface area contributed by atoms with Gasteiger partial charge in [-0.25, -0.2) is 9.97 Å². The van der Waals surface area contributed by atoms with E-state index in [4.69, 9.17) is 9.47 Å². The molecule has 1 aromatic carbocycles. The first-order valence-corrected chi connectivity index (χ1v) is 14.9. The maximum atomic E-state index is 10.5. The number of piperazine rings is 2. The van der Waals surface area contributed by atoms with Gasteiger partial charge in [-0.2, -0.15) is 0 Å². The molecule has 0 amide bonds. The van der Waals surface area contributed by atoms with Crippen molar-refractivity contribution in [2.45, 2.75) is 26.1 Å². The monoisotopic (exact) mass is 576 g/mol. The van der Waals surface area contributed by atoms with Gasteiger partial charge in [0.15, 0.2) is 0 Å². The molecule has 0 bridgehead atoms. The van der Waals surface area contributed by atoms with Gasteiger partial charge in [-0.15, -0.1) is 0 Å². The molecule has 2 N–H and O–H groups in total. The van der Waals surface area contributed by atoms with Crippen LogP contribution in [0.2, 0.25) is 0 Å². The summed E-state index contributed by atoms with van der Waals surface area (Å²) in [4.78, 5) is 18.1. The van der Waals surface area contributed by atoms with Crippen LogP contribution in [-0.4, -0.2) is 121 Å². The zero-order valence-corrected chi connectivity index (χ0v) is 24.8. The zero-order chi connectivity index (χ0) is 29.3. The van der Waals surface area contributed by atoms with E-state index in [0.29, 0.717) is 24.6 Å². The fraction of sp³-hybridized carbons (Fsp3) is 0.500. The van der Waals surface area contributed by atoms with Crippen LogP contribution >= 0.6 is 0 Å². The molecule has 5 rings (SSSR count). The molecule has 2 fully saturated rings. The first-order valence-electron chi connectivity index (χ1n) is 14.9. The van der Waals surface area contributed by atoms with E-state index >= 15 is 0 Å². The topological polar surface area (TPSA) is 97.7 Å². The lowest BCUT2D eigenvalue weighted by atomic mass is 10.2. The number of hydrogen-bond acceptors (Lipinski definition) is 10. The number of aliphatic hydroxyl groups is 2. The number of aryl methyl sites for hydroxylation is 2. The molecular weight excluding hydrogens is 532 g/mol. The number of aliphatic hydroxyl groups excluding tert-OH is 2.